The Balaban J connectivity index is 1.76. The summed E-state index contributed by atoms with van der Waals surface area (Å²) < 4.78 is 5.64. The number of nitriles is 1. The molecular weight excluding hydrogens is 484 g/mol. The zero-order chi connectivity index (χ0) is 26.2. The minimum Gasteiger partial charge on any atom is -0.483 e. The van der Waals surface area contributed by atoms with Crippen LogP contribution in [0.2, 0.25) is 5.02 Å². The van der Waals surface area contributed by atoms with E-state index in [-0.39, 0.29) is 29.3 Å². The fraction of sp³-hybridized carbons (Fsp3) is 0.115. The summed E-state index contributed by atoms with van der Waals surface area (Å²) >= 11 is 6.09. The molecule has 0 unspecified atom stereocenters. The van der Waals surface area contributed by atoms with Gasteiger partial charge >= 0.3 is 0 Å². The summed E-state index contributed by atoms with van der Waals surface area (Å²) in [7, 11) is 0. The predicted molar refractivity (Wildman–Crippen MR) is 137 cm³/mol. The number of carbonyl (C=O) groups excluding carboxylic acids is 2. The van der Waals surface area contributed by atoms with Crippen LogP contribution in [0.1, 0.15) is 16.7 Å². The van der Waals surface area contributed by atoms with Gasteiger partial charge in [0.15, 0.2) is 6.61 Å². The molecule has 0 radical (unpaired) electrons. The van der Waals surface area contributed by atoms with Gasteiger partial charge < -0.3 is 15.4 Å². The number of nitrogens with zero attached hydrogens (tertiary/aromatic N) is 2. The van der Waals surface area contributed by atoms with Crippen molar-refractivity contribution in [2.24, 2.45) is 0 Å². The molecule has 0 saturated carbocycles. The molecule has 0 spiro atoms. The molecule has 0 fully saturated rings. The zero-order valence-electron chi connectivity index (χ0n) is 19.4. The second-order valence-electron chi connectivity index (χ2n) is 7.77. The predicted octanol–water partition coefficient (Wildman–Crippen LogP) is 5.43. The number of hydrogen-bond donors (Lipinski definition) is 2. The molecule has 36 heavy (non-hydrogen) atoms. The molecule has 3 rings (SSSR count). The molecule has 0 atom stereocenters. The molecule has 0 aliphatic rings. The van der Waals surface area contributed by atoms with Gasteiger partial charge in [-0.15, -0.1) is 0 Å². The molecule has 0 aliphatic heterocycles. The SMILES string of the molecule is Cc1ccc(NC(=O)COc2ccc(Cl)cc2/C=C(/C#N)C(=O)Nc2cccc([N+](=O)[O-])c2)c(C)c1. The number of ether oxygens (including phenoxy) is 1. The second kappa shape index (κ2) is 11.6. The van der Waals surface area contributed by atoms with Crippen molar-refractivity contribution in [3.63, 3.8) is 0 Å². The standard InChI is InChI=1S/C26H21ClN4O5/c1-16-6-8-23(17(2)10-16)30-25(32)15-36-24-9-7-20(27)12-18(24)11-19(14-28)26(33)29-21-4-3-5-22(13-21)31(34)35/h3-13H,15H2,1-2H3,(H,29,33)(H,30,32)/b19-11-. The van der Waals surface area contributed by atoms with E-state index in [1.54, 1.807) is 18.2 Å². The highest BCUT2D eigenvalue weighted by Gasteiger charge is 2.15. The van der Waals surface area contributed by atoms with Crippen molar-refractivity contribution >= 4 is 46.6 Å². The topological polar surface area (TPSA) is 134 Å². The highest BCUT2D eigenvalue weighted by molar-refractivity contribution is 6.30. The van der Waals surface area contributed by atoms with Crippen LogP contribution in [0.4, 0.5) is 17.1 Å². The van der Waals surface area contributed by atoms with E-state index in [9.17, 15) is 25.0 Å². The first-order valence-corrected chi connectivity index (χ1v) is 11.0. The van der Waals surface area contributed by atoms with Crippen molar-refractivity contribution in [3.05, 3.63) is 98.1 Å². The molecule has 0 saturated heterocycles. The highest BCUT2D eigenvalue weighted by atomic mass is 35.5. The van der Waals surface area contributed by atoms with E-state index in [2.05, 4.69) is 10.6 Å². The summed E-state index contributed by atoms with van der Waals surface area (Å²) in [5.41, 5.74) is 2.59. The summed E-state index contributed by atoms with van der Waals surface area (Å²) in [6, 6.07) is 17.3. The smallest absolute Gasteiger partial charge is 0.271 e. The van der Waals surface area contributed by atoms with Crippen molar-refractivity contribution < 1.29 is 19.2 Å². The number of halogens is 1. The third-order valence-corrected chi connectivity index (χ3v) is 5.20. The normalized spacial score (nSPS) is 10.8. The Morgan fingerprint density at radius 3 is 2.58 bits per heavy atom. The fourth-order valence-electron chi connectivity index (χ4n) is 3.25. The molecule has 10 heteroatoms. The lowest BCUT2D eigenvalue weighted by Gasteiger charge is -2.12. The first kappa shape index (κ1) is 25.9. The number of nitrogens with one attached hydrogen (secondary N) is 2. The lowest BCUT2D eigenvalue weighted by Crippen LogP contribution is -2.21. The van der Waals surface area contributed by atoms with E-state index in [0.717, 1.165) is 11.1 Å². The summed E-state index contributed by atoms with van der Waals surface area (Å²) in [5.74, 6) is -0.946. The number of carbonyl (C=O) groups is 2. The summed E-state index contributed by atoms with van der Waals surface area (Å²) in [6.45, 7) is 3.52. The summed E-state index contributed by atoms with van der Waals surface area (Å²) in [5, 5.41) is 26.1. The number of nitro groups is 1. The minimum atomic E-state index is -0.781. The molecule has 0 aliphatic carbocycles. The van der Waals surface area contributed by atoms with Gasteiger partial charge in [-0.2, -0.15) is 5.26 Å². The largest absolute Gasteiger partial charge is 0.483 e. The number of anilines is 2. The Bertz CT molecular complexity index is 1410. The van der Waals surface area contributed by atoms with Gasteiger partial charge in [0.05, 0.1) is 4.92 Å². The number of hydrogen-bond acceptors (Lipinski definition) is 6. The number of nitro benzene ring substituents is 1. The molecule has 0 heterocycles. The summed E-state index contributed by atoms with van der Waals surface area (Å²) in [6.07, 6.45) is 1.26. The average Bonchev–Trinajstić information content (AvgIpc) is 2.83. The maximum absolute atomic E-state index is 12.6. The van der Waals surface area contributed by atoms with E-state index in [1.165, 1.54) is 42.5 Å². The molecule has 2 amide bonds. The maximum Gasteiger partial charge on any atom is 0.271 e. The zero-order valence-corrected chi connectivity index (χ0v) is 20.1. The first-order valence-electron chi connectivity index (χ1n) is 10.6. The van der Waals surface area contributed by atoms with Gasteiger partial charge in [-0.05, 0) is 55.8 Å². The van der Waals surface area contributed by atoms with Gasteiger partial charge in [0, 0.05) is 34.1 Å². The Morgan fingerprint density at radius 1 is 1.11 bits per heavy atom. The monoisotopic (exact) mass is 504 g/mol. The van der Waals surface area contributed by atoms with Crippen LogP contribution in [0.5, 0.6) is 5.75 Å². The van der Waals surface area contributed by atoms with Gasteiger partial charge in [0.25, 0.3) is 17.5 Å². The number of aryl methyl sites for hydroxylation is 2. The van der Waals surface area contributed by atoms with Gasteiger partial charge in [0.1, 0.15) is 17.4 Å². The van der Waals surface area contributed by atoms with Crippen LogP contribution in [0.3, 0.4) is 0 Å². The summed E-state index contributed by atoms with van der Waals surface area (Å²) in [4.78, 5) is 35.4. The minimum absolute atomic E-state index is 0.154. The van der Waals surface area contributed by atoms with Crippen molar-refractivity contribution in [2.75, 3.05) is 17.2 Å². The fourth-order valence-corrected chi connectivity index (χ4v) is 3.43. The van der Waals surface area contributed by atoms with Crippen molar-refractivity contribution in [1.29, 1.82) is 5.26 Å². The van der Waals surface area contributed by atoms with Gasteiger partial charge in [-0.25, -0.2) is 0 Å². The van der Waals surface area contributed by atoms with E-state index >= 15 is 0 Å². The lowest BCUT2D eigenvalue weighted by molar-refractivity contribution is -0.384. The van der Waals surface area contributed by atoms with E-state index in [0.29, 0.717) is 16.3 Å². The van der Waals surface area contributed by atoms with E-state index in [4.69, 9.17) is 16.3 Å². The molecule has 0 aromatic heterocycles. The van der Waals surface area contributed by atoms with Crippen LogP contribution in [0.25, 0.3) is 6.08 Å². The molecule has 3 aromatic rings. The quantitative estimate of drug-likeness (QED) is 0.182. The van der Waals surface area contributed by atoms with Crippen LogP contribution in [0, 0.1) is 35.3 Å². The van der Waals surface area contributed by atoms with Crippen LogP contribution in [-0.4, -0.2) is 23.3 Å². The van der Waals surface area contributed by atoms with Crippen LogP contribution >= 0.6 is 11.6 Å². The number of benzene rings is 3. The van der Waals surface area contributed by atoms with Crippen molar-refractivity contribution in [2.45, 2.75) is 13.8 Å². The Labute approximate surface area is 212 Å². The van der Waals surface area contributed by atoms with Crippen molar-refractivity contribution in [1.82, 2.24) is 0 Å². The second-order valence-corrected chi connectivity index (χ2v) is 8.21. The maximum atomic E-state index is 12.6. The molecule has 3 aromatic carbocycles. The van der Waals surface area contributed by atoms with Crippen LogP contribution < -0.4 is 15.4 Å². The number of non-ortho nitro benzene ring substituents is 1. The Kier molecular flexibility index (Phi) is 8.39. The molecule has 9 nitrogen and oxygen atoms in total. The van der Waals surface area contributed by atoms with Crippen LogP contribution in [-0.2, 0) is 9.59 Å². The Hall–Kier alpha value is -4.68. The Morgan fingerprint density at radius 2 is 1.89 bits per heavy atom. The highest BCUT2D eigenvalue weighted by Crippen LogP contribution is 2.26. The van der Waals surface area contributed by atoms with Gasteiger partial charge in [-0.1, -0.05) is 35.4 Å². The lowest BCUT2D eigenvalue weighted by atomic mass is 10.1. The van der Waals surface area contributed by atoms with Crippen LogP contribution in [0.15, 0.2) is 66.2 Å². The number of rotatable bonds is 8. The molecule has 0 bridgehead atoms. The van der Waals surface area contributed by atoms with Gasteiger partial charge in [-0.3, -0.25) is 19.7 Å². The first-order chi connectivity index (χ1) is 17.2. The van der Waals surface area contributed by atoms with E-state index in [1.807, 2.05) is 26.0 Å². The third-order valence-electron chi connectivity index (χ3n) is 4.97. The molecule has 182 valence electrons. The molecule has 2 N–H and O–H groups in total. The average molecular weight is 505 g/mol. The van der Waals surface area contributed by atoms with E-state index < -0.39 is 16.7 Å². The van der Waals surface area contributed by atoms with Crippen molar-refractivity contribution in [3.8, 4) is 11.8 Å². The number of amides is 2. The van der Waals surface area contributed by atoms with Gasteiger partial charge in [0.2, 0.25) is 0 Å². The third kappa shape index (κ3) is 6.91. The molecular formula is C26H21ClN4O5.